The molecule has 0 spiro atoms. The lowest BCUT2D eigenvalue weighted by Gasteiger charge is -2.12. The van der Waals surface area contributed by atoms with Gasteiger partial charge in [0.1, 0.15) is 6.04 Å². The first-order chi connectivity index (χ1) is 16.4. The van der Waals surface area contributed by atoms with Crippen molar-refractivity contribution < 1.29 is 14.7 Å². The van der Waals surface area contributed by atoms with Crippen LogP contribution in [-0.2, 0) is 9.59 Å². The molecule has 4 aromatic rings. The van der Waals surface area contributed by atoms with Crippen LogP contribution in [0.3, 0.4) is 0 Å². The lowest BCUT2D eigenvalue weighted by Crippen LogP contribution is -2.32. The molecule has 3 aromatic carbocycles. The van der Waals surface area contributed by atoms with Crippen LogP contribution in [-0.4, -0.2) is 32.7 Å². The Balaban J connectivity index is 1.63. The van der Waals surface area contributed by atoms with Gasteiger partial charge in [0.25, 0.3) is 0 Å². The Bertz CT molecular complexity index is 1340. The maximum Gasteiger partial charge on any atom is 0.320 e. The highest BCUT2D eigenvalue weighted by molar-refractivity contribution is 5.95. The summed E-state index contributed by atoms with van der Waals surface area (Å²) in [5, 5.41) is 16.1. The number of nitrogens with two attached hydrogens (primary N) is 1. The van der Waals surface area contributed by atoms with Gasteiger partial charge in [-0.2, -0.15) is 5.10 Å². The molecule has 34 heavy (non-hydrogen) atoms. The van der Waals surface area contributed by atoms with Crippen LogP contribution in [0.4, 0.5) is 0 Å². The molecule has 6 nitrogen and oxygen atoms in total. The molecule has 0 saturated heterocycles. The second kappa shape index (κ2) is 10.3. The minimum Gasteiger partial charge on any atom is -0.480 e. The van der Waals surface area contributed by atoms with Crippen LogP contribution >= 0.6 is 0 Å². The summed E-state index contributed by atoms with van der Waals surface area (Å²) in [5.41, 5.74) is 9.08. The quantitative estimate of drug-likeness (QED) is 0.344. The van der Waals surface area contributed by atoms with Crippen LogP contribution in [0.15, 0.2) is 85.1 Å². The first-order valence-electron chi connectivity index (χ1n) is 11.2. The van der Waals surface area contributed by atoms with Crippen molar-refractivity contribution in [1.29, 1.82) is 0 Å². The van der Waals surface area contributed by atoms with Gasteiger partial charge in [0.2, 0.25) is 0 Å². The molecule has 1 heterocycles. The van der Waals surface area contributed by atoms with Crippen LogP contribution in [0, 0.1) is 5.92 Å². The van der Waals surface area contributed by atoms with Crippen molar-refractivity contribution in [2.45, 2.75) is 25.8 Å². The van der Waals surface area contributed by atoms with Gasteiger partial charge < -0.3 is 10.8 Å². The summed E-state index contributed by atoms with van der Waals surface area (Å²) in [6, 6.07) is 23.2. The SMILES string of the molecule is CC(CC(=O)C=Cc1cn(-c2ccccc2)nc1-c1ccc2ccccc2c1)C[C@H](N)C(=O)O. The summed E-state index contributed by atoms with van der Waals surface area (Å²) >= 11 is 0. The highest BCUT2D eigenvalue weighted by Gasteiger charge is 2.17. The van der Waals surface area contributed by atoms with E-state index in [2.05, 4.69) is 24.3 Å². The third-order valence-electron chi connectivity index (χ3n) is 5.76. The Hall–Kier alpha value is -4.03. The number of aromatic nitrogens is 2. The number of carbonyl (C=O) groups is 2. The van der Waals surface area contributed by atoms with E-state index in [4.69, 9.17) is 15.9 Å². The van der Waals surface area contributed by atoms with Gasteiger partial charge in [-0.1, -0.05) is 61.5 Å². The Morgan fingerprint density at radius 1 is 1.03 bits per heavy atom. The number of ketones is 1. The van der Waals surface area contributed by atoms with E-state index in [1.165, 1.54) is 0 Å². The fraction of sp³-hybridized carbons (Fsp3) is 0.179. The summed E-state index contributed by atoms with van der Waals surface area (Å²) in [7, 11) is 0. The number of para-hydroxylation sites is 1. The predicted molar refractivity (Wildman–Crippen MR) is 135 cm³/mol. The van der Waals surface area contributed by atoms with Crippen LogP contribution in [0.5, 0.6) is 0 Å². The van der Waals surface area contributed by atoms with Crippen molar-refractivity contribution >= 4 is 28.6 Å². The van der Waals surface area contributed by atoms with Gasteiger partial charge >= 0.3 is 5.97 Å². The van der Waals surface area contributed by atoms with E-state index in [0.29, 0.717) is 0 Å². The van der Waals surface area contributed by atoms with Crippen LogP contribution in [0.1, 0.15) is 25.3 Å². The molecular formula is C28H27N3O3. The Morgan fingerprint density at radius 2 is 1.74 bits per heavy atom. The number of rotatable bonds is 9. The zero-order chi connectivity index (χ0) is 24.1. The number of aliphatic carboxylic acids is 1. The fourth-order valence-electron chi connectivity index (χ4n) is 4.00. The molecule has 0 amide bonds. The van der Waals surface area contributed by atoms with E-state index >= 15 is 0 Å². The van der Waals surface area contributed by atoms with Gasteiger partial charge in [-0.05, 0) is 53.5 Å². The van der Waals surface area contributed by atoms with E-state index in [9.17, 15) is 9.59 Å². The Kier molecular flexibility index (Phi) is 6.99. The first kappa shape index (κ1) is 23.1. The number of nitrogens with zero attached hydrogens (tertiary/aromatic N) is 2. The highest BCUT2D eigenvalue weighted by Crippen LogP contribution is 2.28. The molecule has 1 unspecified atom stereocenters. The first-order valence-corrected chi connectivity index (χ1v) is 11.2. The number of carboxylic acids is 1. The standard InChI is InChI=1S/C28H27N3O3/c1-19(16-26(29)28(33)34)15-25(32)14-13-23-18-31(24-9-3-2-4-10-24)30-27(23)22-12-11-20-7-5-6-8-21(20)17-22/h2-14,17-19,26H,15-16,29H2,1H3,(H,33,34)/t19?,26-/m0/s1. The topological polar surface area (TPSA) is 98.2 Å². The number of allylic oxidation sites excluding steroid dienone is 1. The Morgan fingerprint density at radius 3 is 2.47 bits per heavy atom. The number of benzene rings is 3. The zero-order valence-corrected chi connectivity index (χ0v) is 19.0. The number of hydrogen-bond donors (Lipinski definition) is 2. The maximum atomic E-state index is 12.6. The van der Waals surface area contributed by atoms with Gasteiger partial charge in [-0.3, -0.25) is 9.59 Å². The minimum absolute atomic E-state index is 0.0815. The van der Waals surface area contributed by atoms with Crippen molar-refractivity contribution in [3.05, 3.63) is 90.6 Å². The smallest absolute Gasteiger partial charge is 0.320 e. The molecule has 6 heteroatoms. The third kappa shape index (κ3) is 5.47. The minimum atomic E-state index is -1.05. The van der Waals surface area contributed by atoms with Crippen LogP contribution < -0.4 is 5.73 Å². The van der Waals surface area contributed by atoms with Crippen molar-refractivity contribution in [3.63, 3.8) is 0 Å². The van der Waals surface area contributed by atoms with E-state index < -0.39 is 12.0 Å². The molecule has 0 aliphatic heterocycles. The van der Waals surface area contributed by atoms with E-state index in [1.54, 1.807) is 12.2 Å². The molecule has 2 atom stereocenters. The zero-order valence-electron chi connectivity index (χ0n) is 19.0. The summed E-state index contributed by atoms with van der Waals surface area (Å²) in [6.07, 6.45) is 5.72. The van der Waals surface area contributed by atoms with E-state index in [1.807, 2.05) is 66.3 Å². The molecular weight excluding hydrogens is 426 g/mol. The molecule has 0 saturated carbocycles. The van der Waals surface area contributed by atoms with Gasteiger partial charge in [-0.15, -0.1) is 0 Å². The summed E-state index contributed by atoms with van der Waals surface area (Å²) < 4.78 is 1.81. The van der Waals surface area contributed by atoms with Gasteiger partial charge in [0, 0.05) is 23.7 Å². The molecule has 0 fully saturated rings. The summed E-state index contributed by atoms with van der Waals surface area (Å²) in [6.45, 7) is 1.84. The Labute approximate surface area is 198 Å². The lowest BCUT2D eigenvalue weighted by atomic mass is 9.96. The monoisotopic (exact) mass is 453 g/mol. The van der Waals surface area contributed by atoms with Gasteiger partial charge in [-0.25, -0.2) is 4.68 Å². The van der Waals surface area contributed by atoms with Crippen molar-refractivity contribution in [1.82, 2.24) is 9.78 Å². The molecule has 0 aliphatic rings. The molecule has 0 radical (unpaired) electrons. The molecule has 0 aliphatic carbocycles. The number of fused-ring (bicyclic) bond motifs is 1. The second-order valence-corrected chi connectivity index (χ2v) is 8.56. The van der Waals surface area contributed by atoms with Gasteiger partial charge in [0.05, 0.1) is 11.4 Å². The molecule has 3 N–H and O–H groups in total. The van der Waals surface area contributed by atoms with Crippen molar-refractivity contribution in [2.75, 3.05) is 0 Å². The van der Waals surface area contributed by atoms with Crippen LogP contribution in [0.25, 0.3) is 33.8 Å². The van der Waals surface area contributed by atoms with E-state index in [0.717, 1.165) is 33.3 Å². The van der Waals surface area contributed by atoms with Crippen molar-refractivity contribution in [2.24, 2.45) is 11.7 Å². The maximum absolute atomic E-state index is 12.6. The van der Waals surface area contributed by atoms with Crippen LogP contribution in [0.2, 0.25) is 0 Å². The molecule has 172 valence electrons. The summed E-state index contributed by atoms with van der Waals surface area (Å²) in [4.78, 5) is 23.5. The van der Waals surface area contributed by atoms with Gasteiger partial charge in [0.15, 0.2) is 5.78 Å². The molecule has 4 rings (SSSR count). The summed E-state index contributed by atoms with van der Waals surface area (Å²) in [5.74, 6) is -1.26. The number of carbonyl (C=O) groups excluding carboxylic acids is 1. The normalized spacial score (nSPS) is 13.2. The number of carboxylic acid groups (broad SMARTS) is 1. The van der Waals surface area contributed by atoms with E-state index in [-0.39, 0.29) is 24.5 Å². The highest BCUT2D eigenvalue weighted by atomic mass is 16.4. The average molecular weight is 454 g/mol. The second-order valence-electron chi connectivity index (χ2n) is 8.56. The third-order valence-corrected chi connectivity index (χ3v) is 5.76. The fourth-order valence-corrected chi connectivity index (χ4v) is 4.00. The molecule has 0 bridgehead atoms. The average Bonchev–Trinajstić information content (AvgIpc) is 3.27. The largest absolute Gasteiger partial charge is 0.480 e. The predicted octanol–water partition coefficient (Wildman–Crippen LogP) is 5.10. The lowest BCUT2D eigenvalue weighted by molar-refractivity contribution is -0.139. The van der Waals surface area contributed by atoms with Crippen molar-refractivity contribution in [3.8, 4) is 16.9 Å². The number of hydrogen-bond acceptors (Lipinski definition) is 4. The molecule has 1 aromatic heterocycles.